The van der Waals surface area contributed by atoms with Crippen LogP contribution in [0.1, 0.15) is 38.7 Å². The van der Waals surface area contributed by atoms with Crippen molar-refractivity contribution in [2.75, 3.05) is 26.2 Å². The van der Waals surface area contributed by atoms with E-state index in [-0.39, 0.29) is 11.9 Å². The van der Waals surface area contributed by atoms with Crippen molar-refractivity contribution in [2.24, 2.45) is 0 Å². The Hall–Kier alpha value is -1.46. The Morgan fingerprint density at radius 1 is 1.19 bits per heavy atom. The van der Waals surface area contributed by atoms with Crippen molar-refractivity contribution in [3.8, 4) is 0 Å². The van der Waals surface area contributed by atoms with E-state index in [1.807, 2.05) is 6.07 Å². The first kappa shape index (κ1) is 14.5. The summed E-state index contributed by atoms with van der Waals surface area (Å²) in [4.78, 5) is 7.17. The number of hydrogen-bond donors (Lipinski definition) is 1. The van der Waals surface area contributed by atoms with Crippen molar-refractivity contribution >= 4 is 11.0 Å². The molecular formula is C16H23FN4. The van der Waals surface area contributed by atoms with Crippen LogP contribution in [0.3, 0.4) is 0 Å². The molecule has 0 saturated carbocycles. The first-order valence-electron chi connectivity index (χ1n) is 7.70. The van der Waals surface area contributed by atoms with E-state index < -0.39 is 0 Å². The lowest BCUT2D eigenvalue weighted by atomic mass is 10.2. The van der Waals surface area contributed by atoms with E-state index in [9.17, 15) is 4.39 Å². The van der Waals surface area contributed by atoms with E-state index in [0.29, 0.717) is 6.04 Å². The molecular weight excluding hydrogens is 267 g/mol. The maximum absolute atomic E-state index is 13.5. The Balaban J connectivity index is 2.05. The molecule has 1 saturated heterocycles. The smallest absolute Gasteiger partial charge is 0.127 e. The van der Waals surface area contributed by atoms with Gasteiger partial charge in [-0.3, -0.25) is 4.90 Å². The average molecular weight is 290 g/mol. The molecule has 0 spiro atoms. The predicted molar refractivity (Wildman–Crippen MR) is 82.9 cm³/mol. The maximum Gasteiger partial charge on any atom is 0.127 e. The second-order valence-corrected chi connectivity index (χ2v) is 6.03. The highest BCUT2D eigenvalue weighted by atomic mass is 19.1. The molecule has 1 unspecified atom stereocenters. The number of fused-ring (bicyclic) bond motifs is 1. The fourth-order valence-electron chi connectivity index (χ4n) is 3.16. The molecule has 3 rings (SSSR count). The van der Waals surface area contributed by atoms with Gasteiger partial charge in [-0.15, -0.1) is 0 Å². The Bertz CT molecular complexity index is 628. The summed E-state index contributed by atoms with van der Waals surface area (Å²) in [5.41, 5.74) is 1.77. The van der Waals surface area contributed by atoms with Crippen molar-refractivity contribution in [1.29, 1.82) is 0 Å². The predicted octanol–water partition coefficient (Wildman–Crippen LogP) is 2.72. The topological polar surface area (TPSA) is 33.1 Å². The van der Waals surface area contributed by atoms with E-state index in [0.717, 1.165) is 43.0 Å². The standard InChI is InChI=1S/C16H23FN4/c1-11(2)21-15-5-4-13(17)10-14(15)19-16(21)12(3)20-8-6-18-7-9-20/h4-5,10-12,18H,6-9H2,1-3H3. The monoisotopic (exact) mass is 290 g/mol. The molecule has 1 aromatic carbocycles. The fourth-order valence-corrected chi connectivity index (χ4v) is 3.16. The molecule has 0 bridgehead atoms. The molecule has 21 heavy (non-hydrogen) atoms. The molecule has 0 amide bonds. The zero-order valence-electron chi connectivity index (χ0n) is 12.9. The third kappa shape index (κ3) is 2.68. The van der Waals surface area contributed by atoms with Gasteiger partial charge >= 0.3 is 0 Å². The van der Waals surface area contributed by atoms with Gasteiger partial charge in [-0.1, -0.05) is 0 Å². The number of hydrogen-bond acceptors (Lipinski definition) is 3. The summed E-state index contributed by atoms with van der Waals surface area (Å²) in [5.74, 6) is 0.810. The summed E-state index contributed by atoms with van der Waals surface area (Å²) in [6.07, 6.45) is 0. The van der Waals surface area contributed by atoms with E-state index in [2.05, 4.69) is 35.6 Å². The molecule has 2 heterocycles. The minimum Gasteiger partial charge on any atom is -0.324 e. The van der Waals surface area contributed by atoms with Crippen LogP contribution in [0.25, 0.3) is 11.0 Å². The number of nitrogens with one attached hydrogen (secondary N) is 1. The molecule has 4 nitrogen and oxygen atoms in total. The second-order valence-electron chi connectivity index (χ2n) is 6.03. The summed E-state index contributed by atoms with van der Waals surface area (Å²) in [6, 6.07) is 5.43. The van der Waals surface area contributed by atoms with Crippen molar-refractivity contribution in [2.45, 2.75) is 32.9 Å². The molecule has 1 atom stereocenters. The number of benzene rings is 1. The highest BCUT2D eigenvalue weighted by molar-refractivity contribution is 5.76. The molecule has 114 valence electrons. The molecule has 2 aromatic rings. The molecule has 0 aliphatic carbocycles. The number of imidazole rings is 1. The van der Waals surface area contributed by atoms with Crippen LogP contribution in [0.5, 0.6) is 0 Å². The van der Waals surface area contributed by atoms with Gasteiger partial charge in [0.05, 0.1) is 17.1 Å². The Kier molecular flexibility index (Phi) is 3.95. The van der Waals surface area contributed by atoms with Gasteiger partial charge in [-0.2, -0.15) is 0 Å². The van der Waals surface area contributed by atoms with E-state index >= 15 is 0 Å². The van der Waals surface area contributed by atoms with Crippen LogP contribution in [-0.2, 0) is 0 Å². The van der Waals surface area contributed by atoms with Crippen LogP contribution in [0, 0.1) is 5.82 Å². The van der Waals surface area contributed by atoms with E-state index in [1.54, 1.807) is 0 Å². The molecule has 1 N–H and O–H groups in total. The van der Waals surface area contributed by atoms with Crippen LogP contribution in [0.2, 0.25) is 0 Å². The first-order valence-corrected chi connectivity index (χ1v) is 7.70. The zero-order valence-corrected chi connectivity index (χ0v) is 12.9. The number of aromatic nitrogens is 2. The largest absolute Gasteiger partial charge is 0.324 e. The van der Waals surface area contributed by atoms with Gasteiger partial charge in [-0.25, -0.2) is 9.37 Å². The molecule has 1 fully saturated rings. The van der Waals surface area contributed by atoms with Gasteiger partial charge in [0.15, 0.2) is 0 Å². The van der Waals surface area contributed by atoms with Crippen molar-refractivity contribution < 1.29 is 4.39 Å². The summed E-state index contributed by atoms with van der Waals surface area (Å²) < 4.78 is 15.7. The van der Waals surface area contributed by atoms with Crippen LogP contribution in [0.4, 0.5) is 4.39 Å². The third-order valence-corrected chi connectivity index (χ3v) is 4.27. The average Bonchev–Trinajstić information content (AvgIpc) is 2.85. The summed E-state index contributed by atoms with van der Waals surface area (Å²) in [5, 5.41) is 3.37. The number of piperazine rings is 1. The normalized spacial score (nSPS) is 18.5. The van der Waals surface area contributed by atoms with E-state index in [1.165, 1.54) is 12.1 Å². The second kappa shape index (κ2) is 5.73. The lowest BCUT2D eigenvalue weighted by Gasteiger charge is -2.33. The fraction of sp³-hybridized carbons (Fsp3) is 0.562. The molecule has 1 aromatic heterocycles. The number of nitrogens with zero attached hydrogens (tertiary/aromatic N) is 3. The summed E-state index contributed by atoms with van der Waals surface area (Å²) in [7, 11) is 0. The molecule has 5 heteroatoms. The molecule has 1 aliphatic heterocycles. The molecule has 1 aliphatic rings. The van der Waals surface area contributed by atoms with Gasteiger partial charge < -0.3 is 9.88 Å². The highest BCUT2D eigenvalue weighted by Gasteiger charge is 2.24. The van der Waals surface area contributed by atoms with Gasteiger partial charge in [0.1, 0.15) is 11.6 Å². The van der Waals surface area contributed by atoms with Gasteiger partial charge in [0.2, 0.25) is 0 Å². The van der Waals surface area contributed by atoms with Crippen LogP contribution < -0.4 is 5.32 Å². The number of halogens is 1. The zero-order chi connectivity index (χ0) is 15.0. The van der Waals surface area contributed by atoms with E-state index in [4.69, 9.17) is 4.98 Å². The van der Waals surface area contributed by atoms with Gasteiger partial charge in [-0.05, 0) is 32.9 Å². The minimum absolute atomic E-state index is 0.225. The maximum atomic E-state index is 13.5. The minimum atomic E-state index is -0.225. The van der Waals surface area contributed by atoms with Gasteiger partial charge in [0.25, 0.3) is 0 Å². The van der Waals surface area contributed by atoms with Crippen molar-refractivity contribution in [3.63, 3.8) is 0 Å². The van der Waals surface area contributed by atoms with Crippen LogP contribution >= 0.6 is 0 Å². The Morgan fingerprint density at radius 3 is 2.57 bits per heavy atom. The molecule has 0 radical (unpaired) electrons. The lowest BCUT2D eigenvalue weighted by molar-refractivity contribution is 0.175. The lowest BCUT2D eigenvalue weighted by Crippen LogP contribution is -2.45. The Labute approximate surface area is 125 Å². The third-order valence-electron chi connectivity index (χ3n) is 4.27. The van der Waals surface area contributed by atoms with Gasteiger partial charge in [0, 0.05) is 38.3 Å². The summed E-state index contributed by atoms with van der Waals surface area (Å²) >= 11 is 0. The van der Waals surface area contributed by atoms with Crippen molar-refractivity contribution in [3.05, 3.63) is 29.8 Å². The van der Waals surface area contributed by atoms with Crippen LogP contribution in [0.15, 0.2) is 18.2 Å². The SMILES string of the molecule is CC(c1nc2cc(F)ccc2n1C(C)C)N1CCNCC1. The Morgan fingerprint density at radius 2 is 1.90 bits per heavy atom. The highest BCUT2D eigenvalue weighted by Crippen LogP contribution is 2.28. The quantitative estimate of drug-likeness (QED) is 0.943. The summed E-state index contributed by atoms with van der Waals surface area (Å²) in [6.45, 7) is 10.6. The van der Waals surface area contributed by atoms with Crippen molar-refractivity contribution in [1.82, 2.24) is 19.8 Å². The van der Waals surface area contributed by atoms with Crippen LogP contribution in [-0.4, -0.2) is 40.6 Å². The first-order chi connectivity index (χ1) is 10.1. The number of rotatable bonds is 3.